The number of guanidine groups is 1. The second kappa shape index (κ2) is 2.66. The fourth-order valence-corrected chi connectivity index (χ4v) is 1.98. The van der Waals surface area contributed by atoms with Crippen molar-refractivity contribution in [2.75, 3.05) is 17.2 Å². The van der Waals surface area contributed by atoms with Crippen molar-refractivity contribution in [3.05, 3.63) is 22.6 Å². The number of aliphatic imine (C=N–C) groups is 1. The molecule has 0 bridgehead atoms. The van der Waals surface area contributed by atoms with E-state index in [2.05, 4.69) is 21.7 Å². The van der Waals surface area contributed by atoms with Gasteiger partial charge in [0.1, 0.15) is 5.82 Å². The Kier molecular flexibility index (Phi) is 1.45. The summed E-state index contributed by atoms with van der Waals surface area (Å²) in [4.78, 5) is 4.03. The number of rotatable bonds is 0. The van der Waals surface area contributed by atoms with Crippen molar-refractivity contribution >= 4 is 29.2 Å². The molecule has 2 heterocycles. The Morgan fingerprint density at radius 2 is 2.00 bits per heavy atom. The zero-order valence-electron chi connectivity index (χ0n) is 8.04. The number of hydrogen-bond donors (Lipinski definition) is 4. The molecule has 2 aliphatic rings. The fraction of sp³-hybridized carbons (Fsp3) is 0.100. The number of benzene rings is 1. The predicted octanol–water partition coefficient (Wildman–Crippen LogP) is -1.34. The minimum Gasteiger partial charge on any atom is -0.383 e. The van der Waals surface area contributed by atoms with E-state index >= 15 is 0 Å². The van der Waals surface area contributed by atoms with Crippen LogP contribution in [-0.2, 0) is 0 Å². The molecule has 0 saturated carbocycles. The van der Waals surface area contributed by atoms with Crippen LogP contribution in [0.1, 0.15) is 0 Å². The van der Waals surface area contributed by atoms with Crippen molar-refractivity contribution in [2.45, 2.75) is 0 Å². The summed E-state index contributed by atoms with van der Waals surface area (Å²) in [5.41, 5.74) is 13.5. The van der Waals surface area contributed by atoms with Gasteiger partial charge in [-0.25, -0.2) is 0 Å². The molecule has 0 amide bonds. The van der Waals surface area contributed by atoms with Crippen molar-refractivity contribution in [2.24, 2.45) is 16.5 Å². The van der Waals surface area contributed by atoms with Crippen LogP contribution < -0.4 is 32.5 Å². The average Bonchev–Trinajstić information content (AvgIpc) is 2.63. The quantitative estimate of drug-likeness (QED) is 0.418. The molecule has 1 aromatic carbocycles. The van der Waals surface area contributed by atoms with Crippen LogP contribution in [0.5, 0.6) is 0 Å². The van der Waals surface area contributed by atoms with Gasteiger partial charge >= 0.3 is 0 Å². The molecule has 0 radical (unpaired) electrons. The van der Waals surface area contributed by atoms with Gasteiger partial charge in [-0.3, -0.25) is 0 Å². The summed E-state index contributed by atoms with van der Waals surface area (Å²) in [6.45, 7) is 0.832. The van der Waals surface area contributed by atoms with Crippen LogP contribution in [0, 0.1) is 0 Å². The molecule has 0 unspecified atom stereocenters. The van der Waals surface area contributed by atoms with E-state index in [-0.39, 0.29) is 0 Å². The van der Waals surface area contributed by atoms with E-state index in [1.807, 2.05) is 12.1 Å². The van der Waals surface area contributed by atoms with Gasteiger partial charge in [-0.05, 0) is 12.1 Å². The summed E-state index contributed by atoms with van der Waals surface area (Å²) < 4.78 is 0. The molecule has 6 N–H and O–H groups in total. The number of nitrogens with zero attached hydrogens (tertiary/aromatic N) is 1. The lowest BCUT2D eigenvalue weighted by molar-refractivity contribution is 1.30. The van der Waals surface area contributed by atoms with Crippen molar-refractivity contribution in [1.82, 2.24) is 0 Å². The molecular formula is C10H11N5. The highest BCUT2D eigenvalue weighted by Crippen LogP contribution is 2.09. The normalized spacial score (nSPS) is 16.8. The SMILES string of the molecule is NC1=NC(N)=c2c(ccc3c2=CCN3)N1. The molecule has 0 aromatic heterocycles. The molecule has 76 valence electrons. The van der Waals surface area contributed by atoms with E-state index in [1.165, 1.54) is 0 Å². The fourth-order valence-electron chi connectivity index (χ4n) is 1.98. The first-order valence-corrected chi connectivity index (χ1v) is 4.74. The van der Waals surface area contributed by atoms with Crippen LogP contribution in [0.15, 0.2) is 17.1 Å². The van der Waals surface area contributed by atoms with Crippen molar-refractivity contribution in [3.63, 3.8) is 0 Å². The highest BCUT2D eigenvalue weighted by Gasteiger charge is 2.12. The van der Waals surface area contributed by atoms with Gasteiger partial charge in [0.25, 0.3) is 0 Å². The van der Waals surface area contributed by atoms with Gasteiger partial charge in [-0.2, -0.15) is 4.99 Å². The first-order valence-electron chi connectivity index (χ1n) is 4.74. The number of fused-ring (bicyclic) bond motifs is 3. The van der Waals surface area contributed by atoms with Crippen molar-refractivity contribution in [1.29, 1.82) is 0 Å². The Morgan fingerprint density at radius 1 is 1.20 bits per heavy atom. The van der Waals surface area contributed by atoms with Crippen LogP contribution in [0.2, 0.25) is 0 Å². The molecule has 0 spiro atoms. The van der Waals surface area contributed by atoms with Crippen LogP contribution in [0.3, 0.4) is 0 Å². The third-order valence-electron chi connectivity index (χ3n) is 2.60. The van der Waals surface area contributed by atoms with Gasteiger partial charge in [-0.15, -0.1) is 0 Å². The van der Waals surface area contributed by atoms with E-state index < -0.39 is 0 Å². The second-order valence-corrected chi connectivity index (χ2v) is 3.54. The van der Waals surface area contributed by atoms with Crippen LogP contribution in [0.25, 0.3) is 11.9 Å². The van der Waals surface area contributed by atoms with Crippen molar-refractivity contribution < 1.29 is 0 Å². The van der Waals surface area contributed by atoms with Crippen LogP contribution in [0.4, 0.5) is 11.4 Å². The van der Waals surface area contributed by atoms with Gasteiger partial charge in [0.2, 0.25) is 0 Å². The highest BCUT2D eigenvalue weighted by molar-refractivity contribution is 5.97. The minimum absolute atomic E-state index is 0.339. The Labute approximate surface area is 86.2 Å². The molecule has 0 atom stereocenters. The third kappa shape index (κ3) is 1.06. The van der Waals surface area contributed by atoms with Gasteiger partial charge in [-0.1, -0.05) is 6.08 Å². The molecule has 5 nitrogen and oxygen atoms in total. The standard InChI is InChI=1S/C10H11N5/c11-9-8-5-3-4-13-6(5)1-2-7(8)14-10(12)15-9/h1-3,13H,4,11H2,(H3,12,14,15). The Hall–Kier alpha value is -2.17. The number of anilines is 2. The number of nitrogens with two attached hydrogens (primary N) is 2. The molecule has 0 aliphatic carbocycles. The molecule has 1 aromatic rings. The lowest BCUT2D eigenvalue weighted by Gasteiger charge is -2.13. The van der Waals surface area contributed by atoms with Crippen LogP contribution in [-0.4, -0.2) is 12.5 Å². The Morgan fingerprint density at radius 3 is 2.87 bits per heavy atom. The predicted molar refractivity (Wildman–Crippen MR) is 61.5 cm³/mol. The lowest BCUT2D eigenvalue weighted by atomic mass is 10.1. The molecule has 0 saturated heterocycles. The smallest absolute Gasteiger partial charge is 0.199 e. The summed E-state index contributed by atoms with van der Waals surface area (Å²) in [5.74, 6) is 0.809. The van der Waals surface area contributed by atoms with E-state index in [0.717, 1.165) is 28.4 Å². The molecular weight excluding hydrogens is 190 g/mol. The maximum atomic E-state index is 5.87. The average molecular weight is 201 g/mol. The summed E-state index contributed by atoms with van der Waals surface area (Å²) in [7, 11) is 0. The number of nitrogens with one attached hydrogen (secondary N) is 2. The second-order valence-electron chi connectivity index (χ2n) is 3.54. The molecule has 3 rings (SSSR count). The minimum atomic E-state index is 0.339. The summed E-state index contributed by atoms with van der Waals surface area (Å²) in [6.07, 6.45) is 2.10. The Balaban J connectivity index is 2.48. The van der Waals surface area contributed by atoms with Gasteiger partial charge in [0, 0.05) is 22.7 Å². The first kappa shape index (κ1) is 8.16. The van der Waals surface area contributed by atoms with E-state index in [4.69, 9.17) is 11.5 Å². The summed E-state index contributed by atoms with van der Waals surface area (Å²) in [6, 6.07) is 3.96. The van der Waals surface area contributed by atoms with E-state index in [9.17, 15) is 0 Å². The molecule has 0 fully saturated rings. The Bertz CT molecular complexity index is 585. The van der Waals surface area contributed by atoms with Gasteiger partial charge < -0.3 is 22.1 Å². The highest BCUT2D eigenvalue weighted by atomic mass is 15.1. The summed E-state index contributed by atoms with van der Waals surface area (Å²) in [5, 5.41) is 8.29. The first-order chi connectivity index (χ1) is 7.25. The lowest BCUT2D eigenvalue weighted by Crippen LogP contribution is -2.39. The van der Waals surface area contributed by atoms with Crippen LogP contribution >= 0.6 is 0 Å². The zero-order valence-corrected chi connectivity index (χ0v) is 8.04. The monoisotopic (exact) mass is 201 g/mol. The maximum absolute atomic E-state index is 5.87. The molecule has 5 heteroatoms. The third-order valence-corrected chi connectivity index (χ3v) is 2.60. The van der Waals surface area contributed by atoms with Crippen molar-refractivity contribution in [3.8, 4) is 0 Å². The van der Waals surface area contributed by atoms with Gasteiger partial charge in [0.05, 0.1) is 5.69 Å². The summed E-state index contributed by atoms with van der Waals surface area (Å²) >= 11 is 0. The van der Waals surface area contributed by atoms with E-state index in [1.54, 1.807) is 0 Å². The van der Waals surface area contributed by atoms with E-state index in [0.29, 0.717) is 11.8 Å². The topological polar surface area (TPSA) is 88.5 Å². The molecule has 15 heavy (non-hydrogen) atoms. The maximum Gasteiger partial charge on any atom is 0.199 e. The number of hydrogen-bond acceptors (Lipinski definition) is 5. The molecule has 2 aliphatic heterocycles. The largest absolute Gasteiger partial charge is 0.383 e. The zero-order chi connectivity index (χ0) is 10.4. The van der Waals surface area contributed by atoms with Gasteiger partial charge in [0.15, 0.2) is 5.96 Å².